The summed E-state index contributed by atoms with van der Waals surface area (Å²) >= 11 is 0. The van der Waals surface area contributed by atoms with Crippen LogP contribution in [0.5, 0.6) is 0 Å². The van der Waals surface area contributed by atoms with Crippen molar-refractivity contribution in [3.63, 3.8) is 0 Å². The Morgan fingerprint density at radius 2 is 2.09 bits per heavy atom. The summed E-state index contributed by atoms with van der Waals surface area (Å²) in [5.74, 6) is 0.956. The Hall–Kier alpha value is -3.78. The Kier molecular flexibility index (Phi) is 5.98. The molecule has 1 aromatic carbocycles. The van der Waals surface area contributed by atoms with E-state index in [9.17, 15) is 14.9 Å². The zero-order valence-corrected chi connectivity index (χ0v) is 18.6. The number of nitrogens with one attached hydrogen (secondary N) is 1. The van der Waals surface area contributed by atoms with E-state index in [0.717, 1.165) is 31.2 Å². The standard InChI is InChI=1S/C23H25N7O4/c1-24-20-13-25-23(27-21(20)28-7-9-34-10-8-28)26-16-3-2-4-17(11-16)29-14-15-5-6-18(30(32)33)12-19(15)22(29)31/h5-6,12-13,16-17H,2-4,7-11,14H2,(H,25,26,27)/t16-,17+/m1/s1. The number of rotatable bonds is 5. The first-order chi connectivity index (χ1) is 16.5. The Labute approximate surface area is 196 Å². The first-order valence-corrected chi connectivity index (χ1v) is 11.5. The van der Waals surface area contributed by atoms with E-state index in [1.165, 1.54) is 12.1 Å². The topological polar surface area (TPSA) is 118 Å². The lowest BCUT2D eigenvalue weighted by Crippen LogP contribution is -2.42. The van der Waals surface area contributed by atoms with Gasteiger partial charge in [-0.05, 0) is 37.3 Å². The molecule has 11 heteroatoms. The Bertz CT molecular complexity index is 1160. The number of carbonyl (C=O) groups is 1. The fraction of sp³-hybridized carbons (Fsp3) is 0.478. The summed E-state index contributed by atoms with van der Waals surface area (Å²) in [6.07, 6.45) is 5.05. The lowest BCUT2D eigenvalue weighted by atomic mass is 9.90. The van der Waals surface area contributed by atoms with Crippen molar-refractivity contribution in [2.24, 2.45) is 0 Å². The maximum Gasteiger partial charge on any atom is 0.270 e. The van der Waals surface area contributed by atoms with E-state index in [-0.39, 0.29) is 23.7 Å². The Morgan fingerprint density at radius 1 is 1.26 bits per heavy atom. The van der Waals surface area contributed by atoms with Crippen molar-refractivity contribution in [1.82, 2.24) is 14.9 Å². The van der Waals surface area contributed by atoms with E-state index < -0.39 is 4.92 Å². The highest BCUT2D eigenvalue weighted by Crippen LogP contribution is 2.34. The number of nitrogens with zero attached hydrogens (tertiary/aromatic N) is 6. The lowest BCUT2D eigenvalue weighted by Gasteiger charge is -2.35. The zero-order valence-electron chi connectivity index (χ0n) is 18.6. The van der Waals surface area contributed by atoms with Crippen LogP contribution in [0.2, 0.25) is 0 Å². The summed E-state index contributed by atoms with van der Waals surface area (Å²) in [5.41, 5.74) is 1.62. The van der Waals surface area contributed by atoms with Gasteiger partial charge in [0.25, 0.3) is 11.6 Å². The summed E-state index contributed by atoms with van der Waals surface area (Å²) in [6, 6.07) is 4.64. The fourth-order valence-electron chi connectivity index (χ4n) is 5.00. The molecule has 3 heterocycles. The lowest BCUT2D eigenvalue weighted by molar-refractivity contribution is -0.384. The molecule has 1 aromatic heterocycles. The third-order valence-corrected chi connectivity index (χ3v) is 6.74. The van der Waals surface area contributed by atoms with Gasteiger partial charge in [-0.1, -0.05) is 0 Å². The number of ether oxygens (including phenoxy) is 1. The van der Waals surface area contributed by atoms with E-state index in [1.807, 2.05) is 9.80 Å². The van der Waals surface area contributed by atoms with Crippen LogP contribution >= 0.6 is 0 Å². The smallest absolute Gasteiger partial charge is 0.270 e. The van der Waals surface area contributed by atoms with Crippen molar-refractivity contribution >= 4 is 29.0 Å². The number of nitro benzene ring substituents is 1. The maximum atomic E-state index is 13.0. The molecule has 3 aliphatic rings. The first kappa shape index (κ1) is 22.0. The van der Waals surface area contributed by atoms with Crippen LogP contribution in [0.25, 0.3) is 4.85 Å². The molecule has 1 amide bonds. The van der Waals surface area contributed by atoms with E-state index in [0.29, 0.717) is 55.9 Å². The van der Waals surface area contributed by atoms with E-state index in [2.05, 4.69) is 20.1 Å². The van der Waals surface area contributed by atoms with Crippen LogP contribution in [-0.2, 0) is 11.3 Å². The molecule has 1 saturated carbocycles. The number of amides is 1. The largest absolute Gasteiger partial charge is 0.378 e. The normalized spacial score (nSPS) is 22.3. The average Bonchev–Trinajstić information content (AvgIpc) is 3.20. The second-order valence-electron chi connectivity index (χ2n) is 8.81. The minimum atomic E-state index is -0.471. The molecule has 1 saturated heterocycles. The summed E-state index contributed by atoms with van der Waals surface area (Å²) in [4.78, 5) is 40.1. The van der Waals surface area contributed by atoms with Crippen LogP contribution in [0.4, 0.5) is 23.1 Å². The number of non-ortho nitro benzene ring substituents is 1. The molecular weight excluding hydrogens is 438 g/mol. The van der Waals surface area contributed by atoms with E-state index in [4.69, 9.17) is 11.3 Å². The van der Waals surface area contributed by atoms with Crippen LogP contribution in [0.3, 0.4) is 0 Å². The van der Waals surface area contributed by atoms with Crippen molar-refractivity contribution in [2.45, 2.75) is 44.3 Å². The van der Waals surface area contributed by atoms with Gasteiger partial charge in [0.15, 0.2) is 0 Å². The quantitative estimate of drug-likeness (QED) is 0.408. The van der Waals surface area contributed by atoms with Crippen LogP contribution in [-0.4, -0.2) is 64.1 Å². The van der Waals surface area contributed by atoms with Gasteiger partial charge in [0.2, 0.25) is 11.6 Å². The molecule has 2 atom stereocenters. The number of nitro groups is 1. The highest BCUT2D eigenvalue weighted by molar-refractivity contribution is 5.99. The van der Waals surface area contributed by atoms with Crippen molar-refractivity contribution in [1.29, 1.82) is 0 Å². The number of hydrogen-bond acceptors (Lipinski definition) is 8. The molecule has 2 fully saturated rings. The monoisotopic (exact) mass is 463 g/mol. The van der Waals surface area contributed by atoms with Gasteiger partial charge in [0, 0.05) is 50.0 Å². The maximum absolute atomic E-state index is 13.0. The highest BCUT2D eigenvalue weighted by Gasteiger charge is 2.36. The van der Waals surface area contributed by atoms with Crippen LogP contribution in [0, 0.1) is 16.7 Å². The molecule has 176 valence electrons. The highest BCUT2D eigenvalue weighted by atomic mass is 16.6. The Morgan fingerprint density at radius 3 is 2.85 bits per heavy atom. The molecule has 5 rings (SSSR count). The summed E-state index contributed by atoms with van der Waals surface area (Å²) in [6.45, 7) is 10.5. The third-order valence-electron chi connectivity index (χ3n) is 6.74. The minimum Gasteiger partial charge on any atom is -0.378 e. The van der Waals surface area contributed by atoms with Gasteiger partial charge in [-0.2, -0.15) is 0 Å². The molecule has 0 unspecified atom stereocenters. The predicted molar refractivity (Wildman–Crippen MR) is 124 cm³/mol. The molecule has 1 N–H and O–H groups in total. The minimum absolute atomic E-state index is 0.0337. The van der Waals surface area contributed by atoms with Crippen molar-refractivity contribution in [3.05, 3.63) is 57.1 Å². The molecule has 0 bridgehead atoms. The molecule has 2 aliphatic heterocycles. The molecular formula is C23H25N7O4. The SMILES string of the molecule is [C-]#[N+]c1cnc(N[C@@H]2CCC[C@H](N3Cc4ccc([N+](=O)[O-])cc4C3=O)C2)nc1N1CCOCC1. The van der Waals surface area contributed by atoms with Crippen molar-refractivity contribution in [2.75, 3.05) is 36.5 Å². The van der Waals surface area contributed by atoms with E-state index >= 15 is 0 Å². The predicted octanol–water partition coefficient (Wildman–Crippen LogP) is 3.15. The van der Waals surface area contributed by atoms with Gasteiger partial charge in [-0.15, -0.1) is 0 Å². The Balaban J connectivity index is 1.28. The van der Waals surface area contributed by atoms with Gasteiger partial charge in [0.05, 0.1) is 30.3 Å². The number of anilines is 2. The number of aromatic nitrogens is 2. The van der Waals surface area contributed by atoms with Crippen LogP contribution in [0.1, 0.15) is 41.6 Å². The van der Waals surface area contributed by atoms with Gasteiger partial charge in [-0.25, -0.2) is 14.8 Å². The van der Waals surface area contributed by atoms with Crippen molar-refractivity contribution < 1.29 is 14.5 Å². The number of carbonyl (C=O) groups excluding carboxylic acids is 1. The first-order valence-electron chi connectivity index (χ1n) is 11.5. The third kappa shape index (κ3) is 4.24. The molecule has 0 radical (unpaired) electrons. The molecule has 1 aliphatic carbocycles. The summed E-state index contributed by atoms with van der Waals surface area (Å²) in [5, 5.41) is 14.5. The fourth-order valence-corrected chi connectivity index (χ4v) is 5.00. The number of fused-ring (bicyclic) bond motifs is 1. The second-order valence-corrected chi connectivity index (χ2v) is 8.81. The molecule has 34 heavy (non-hydrogen) atoms. The van der Waals surface area contributed by atoms with Gasteiger partial charge >= 0.3 is 0 Å². The molecule has 0 spiro atoms. The van der Waals surface area contributed by atoms with Crippen LogP contribution < -0.4 is 10.2 Å². The van der Waals surface area contributed by atoms with Gasteiger partial charge < -0.3 is 19.9 Å². The average molecular weight is 463 g/mol. The number of morpholine rings is 1. The molecule has 2 aromatic rings. The summed E-state index contributed by atoms with van der Waals surface area (Å²) in [7, 11) is 0. The van der Waals surface area contributed by atoms with Crippen molar-refractivity contribution in [3.8, 4) is 0 Å². The second kappa shape index (κ2) is 9.23. The van der Waals surface area contributed by atoms with Crippen LogP contribution in [0.15, 0.2) is 24.4 Å². The van der Waals surface area contributed by atoms with Gasteiger partial charge in [-0.3, -0.25) is 14.9 Å². The van der Waals surface area contributed by atoms with Gasteiger partial charge in [0.1, 0.15) is 5.82 Å². The summed E-state index contributed by atoms with van der Waals surface area (Å²) < 4.78 is 5.41. The molecule has 11 nitrogen and oxygen atoms in total. The number of benzene rings is 1. The zero-order chi connectivity index (χ0) is 23.7. The number of hydrogen-bond donors (Lipinski definition) is 1. The van der Waals surface area contributed by atoms with E-state index in [1.54, 1.807) is 12.3 Å².